The van der Waals surface area contributed by atoms with Gasteiger partial charge in [-0.2, -0.15) is 0 Å². The fourth-order valence-corrected chi connectivity index (χ4v) is 4.71. The molecule has 6 heteroatoms. The van der Waals surface area contributed by atoms with Gasteiger partial charge < -0.3 is 5.32 Å². The molecule has 2 aromatic carbocycles. The lowest BCUT2D eigenvalue weighted by Gasteiger charge is -2.23. The number of aryl methyl sites for hydroxylation is 1. The summed E-state index contributed by atoms with van der Waals surface area (Å²) in [5, 5.41) is 3.04. The van der Waals surface area contributed by atoms with Gasteiger partial charge in [0.2, 0.25) is 10.0 Å². The Bertz CT molecular complexity index is 954. The number of amides is 1. The first kappa shape index (κ1) is 26.9. The summed E-state index contributed by atoms with van der Waals surface area (Å²) in [4.78, 5) is 12.5. The van der Waals surface area contributed by atoms with Crippen molar-refractivity contribution in [1.82, 2.24) is 5.32 Å². The molecule has 0 bridgehead atoms. The highest BCUT2D eigenvalue weighted by Gasteiger charge is 2.18. The minimum Gasteiger partial charge on any atom is -0.352 e. The SMILES string of the molecule is CCCCc1ccc(N(Cc2ccc(C(=O)NC[C@H](CC)CCCC)cc2)S(C)(=O)=O)cc1. The highest BCUT2D eigenvalue weighted by molar-refractivity contribution is 7.92. The summed E-state index contributed by atoms with van der Waals surface area (Å²) < 4.78 is 26.4. The van der Waals surface area contributed by atoms with Crippen LogP contribution < -0.4 is 9.62 Å². The quantitative estimate of drug-likeness (QED) is 0.370. The minimum absolute atomic E-state index is 0.0841. The van der Waals surface area contributed by atoms with Crippen molar-refractivity contribution in [1.29, 1.82) is 0 Å². The molecule has 0 fully saturated rings. The van der Waals surface area contributed by atoms with Crippen LogP contribution in [0.2, 0.25) is 0 Å². The predicted molar refractivity (Wildman–Crippen MR) is 138 cm³/mol. The minimum atomic E-state index is -3.45. The summed E-state index contributed by atoms with van der Waals surface area (Å²) in [5.41, 5.74) is 3.29. The summed E-state index contributed by atoms with van der Waals surface area (Å²) in [6, 6.07) is 14.9. The van der Waals surface area contributed by atoms with Gasteiger partial charge in [0, 0.05) is 12.1 Å². The maximum absolute atomic E-state index is 12.5. The Morgan fingerprint density at radius 2 is 1.52 bits per heavy atom. The van der Waals surface area contributed by atoms with Crippen LogP contribution in [-0.4, -0.2) is 27.1 Å². The normalized spacial score (nSPS) is 12.4. The van der Waals surface area contributed by atoms with Gasteiger partial charge in [0.15, 0.2) is 0 Å². The van der Waals surface area contributed by atoms with Crippen molar-refractivity contribution in [2.45, 2.75) is 72.3 Å². The number of rotatable bonds is 14. The average Bonchev–Trinajstić information content (AvgIpc) is 2.81. The Kier molecular flexibility index (Phi) is 10.9. The molecule has 0 saturated heterocycles. The third-order valence-corrected chi connectivity index (χ3v) is 7.22. The van der Waals surface area contributed by atoms with Crippen LogP contribution in [0.4, 0.5) is 5.69 Å². The Morgan fingerprint density at radius 3 is 2.06 bits per heavy atom. The lowest BCUT2D eigenvalue weighted by molar-refractivity contribution is 0.0946. The number of hydrogen-bond donors (Lipinski definition) is 1. The van der Waals surface area contributed by atoms with E-state index in [1.807, 2.05) is 36.4 Å². The van der Waals surface area contributed by atoms with E-state index in [1.54, 1.807) is 12.1 Å². The van der Waals surface area contributed by atoms with Gasteiger partial charge in [0.25, 0.3) is 5.91 Å². The van der Waals surface area contributed by atoms with E-state index in [9.17, 15) is 13.2 Å². The zero-order valence-corrected chi connectivity index (χ0v) is 21.5. The number of nitrogens with one attached hydrogen (secondary N) is 1. The molecule has 182 valence electrons. The fourth-order valence-electron chi connectivity index (χ4n) is 3.82. The predicted octanol–water partition coefficient (Wildman–Crippen LogP) is 5.94. The molecule has 0 aliphatic rings. The zero-order valence-electron chi connectivity index (χ0n) is 20.6. The number of benzene rings is 2. The number of carbonyl (C=O) groups is 1. The van der Waals surface area contributed by atoms with Crippen molar-refractivity contribution in [3.05, 3.63) is 65.2 Å². The van der Waals surface area contributed by atoms with E-state index in [0.717, 1.165) is 37.7 Å². The van der Waals surface area contributed by atoms with Crippen LogP contribution in [0, 0.1) is 5.92 Å². The van der Waals surface area contributed by atoms with E-state index in [2.05, 4.69) is 26.1 Å². The number of carbonyl (C=O) groups excluding carboxylic acids is 1. The fraction of sp³-hybridized carbons (Fsp3) is 0.519. The van der Waals surface area contributed by atoms with Crippen LogP contribution >= 0.6 is 0 Å². The molecular weight excluding hydrogens is 432 g/mol. The van der Waals surface area contributed by atoms with E-state index in [0.29, 0.717) is 23.7 Å². The third kappa shape index (κ3) is 8.84. The topological polar surface area (TPSA) is 66.5 Å². The van der Waals surface area contributed by atoms with Gasteiger partial charge in [-0.05, 0) is 60.6 Å². The molecule has 33 heavy (non-hydrogen) atoms. The van der Waals surface area contributed by atoms with Crippen molar-refractivity contribution in [3.63, 3.8) is 0 Å². The molecular formula is C27H40N2O3S. The van der Waals surface area contributed by atoms with Crippen LogP contribution in [0.1, 0.15) is 80.8 Å². The second-order valence-corrected chi connectivity index (χ2v) is 10.8. The van der Waals surface area contributed by atoms with Gasteiger partial charge in [-0.1, -0.05) is 70.7 Å². The van der Waals surface area contributed by atoms with E-state index in [1.165, 1.54) is 29.0 Å². The highest BCUT2D eigenvalue weighted by Crippen LogP contribution is 2.22. The summed E-state index contributed by atoms with van der Waals surface area (Å²) in [5.74, 6) is 0.420. The van der Waals surface area contributed by atoms with Crippen LogP contribution in [-0.2, 0) is 23.0 Å². The summed E-state index contributed by atoms with van der Waals surface area (Å²) in [6.45, 7) is 7.41. The molecule has 1 N–H and O–H groups in total. The average molecular weight is 473 g/mol. The summed E-state index contributed by atoms with van der Waals surface area (Å²) in [7, 11) is -3.45. The molecule has 0 saturated carbocycles. The first-order valence-electron chi connectivity index (χ1n) is 12.2. The first-order chi connectivity index (χ1) is 15.8. The third-order valence-electron chi connectivity index (χ3n) is 6.08. The van der Waals surface area contributed by atoms with Crippen LogP contribution in [0.3, 0.4) is 0 Å². The second-order valence-electron chi connectivity index (χ2n) is 8.86. The smallest absolute Gasteiger partial charge is 0.251 e. The monoisotopic (exact) mass is 472 g/mol. The van der Waals surface area contributed by atoms with Gasteiger partial charge in [0.05, 0.1) is 18.5 Å². The van der Waals surface area contributed by atoms with Crippen molar-refractivity contribution >= 4 is 21.6 Å². The lowest BCUT2D eigenvalue weighted by atomic mass is 9.99. The molecule has 1 atom stereocenters. The van der Waals surface area contributed by atoms with E-state index in [-0.39, 0.29) is 12.5 Å². The van der Waals surface area contributed by atoms with Gasteiger partial charge in [0.1, 0.15) is 0 Å². The van der Waals surface area contributed by atoms with E-state index < -0.39 is 10.0 Å². The molecule has 2 aromatic rings. The number of anilines is 1. The van der Waals surface area contributed by atoms with E-state index in [4.69, 9.17) is 0 Å². The van der Waals surface area contributed by atoms with Gasteiger partial charge in [-0.15, -0.1) is 0 Å². The zero-order chi connectivity index (χ0) is 24.3. The Hall–Kier alpha value is -2.34. The molecule has 2 rings (SSSR count). The lowest BCUT2D eigenvalue weighted by Crippen LogP contribution is -2.30. The molecule has 1 amide bonds. The maximum atomic E-state index is 12.5. The molecule has 5 nitrogen and oxygen atoms in total. The standard InChI is InChI=1S/C27H40N2O3S/c1-5-8-10-22(7-3)20-28-27(30)25-16-12-24(13-17-25)21-29(33(4,31)32)26-18-14-23(15-19-26)11-9-6-2/h12-19,22H,5-11,20-21H2,1-4H3,(H,28,30)/t22-/m1/s1. The van der Waals surface area contributed by atoms with E-state index >= 15 is 0 Å². The first-order valence-corrected chi connectivity index (χ1v) is 14.1. The molecule has 0 aromatic heterocycles. The van der Waals surface area contributed by atoms with Crippen molar-refractivity contribution in [3.8, 4) is 0 Å². The van der Waals surface area contributed by atoms with Crippen molar-refractivity contribution < 1.29 is 13.2 Å². The molecule has 0 aliphatic carbocycles. The number of unbranched alkanes of at least 4 members (excludes halogenated alkanes) is 2. The molecule has 0 spiro atoms. The molecule has 0 aliphatic heterocycles. The van der Waals surface area contributed by atoms with Crippen LogP contribution in [0.15, 0.2) is 48.5 Å². The van der Waals surface area contributed by atoms with Gasteiger partial charge in [-0.25, -0.2) is 8.42 Å². The largest absolute Gasteiger partial charge is 0.352 e. The van der Waals surface area contributed by atoms with Gasteiger partial charge >= 0.3 is 0 Å². The summed E-state index contributed by atoms with van der Waals surface area (Å²) in [6.07, 6.45) is 9.00. The second kappa shape index (κ2) is 13.4. The number of sulfonamides is 1. The number of nitrogens with zero attached hydrogens (tertiary/aromatic N) is 1. The van der Waals surface area contributed by atoms with Crippen LogP contribution in [0.25, 0.3) is 0 Å². The van der Waals surface area contributed by atoms with Gasteiger partial charge in [-0.3, -0.25) is 9.10 Å². The Morgan fingerprint density at radius 1 is 0.909 bits per heavy atom. The van der Waals surface area contributed by atoms with Crippen molar-refractivity contribution in [2.75, 3.05) is 17.1 Å². The molecule has 0 unspecified atom stereocenters. The molecule has 0 heterocycles. The molecule has 0 radical (unpaired) electrons. The number of hydrogen-bond acceptors (Lipinski definition) is 3. The Balaban J connectivity index is 2.05. The van der Waals surface area contributed by atoms with Crippen LogP contribution in [0.5, 0.6) is 0 Å². The maximum Gasteiger partial charge on any atom is 0.251 e. The van der Waals surface area contributed by atoms with Crippen molar-refractivity contribution in [2.24, 2.45) is 5.92 Å². The summed E-state index contributed by atoms with van der Waals surface area (Å²) >= 11 is 0. The Labute approximate surface area is 200 Å². The highest BCUT2D eigenvalue weighted by atomic mass is 32.2.